The van der Waals surface area contributed by atoms with Crippen LogP contribution in [0.25, 0.3) is 0 Å². The molecule has 2 nitrogen and oxygen atoms in total. The fraction of sp³-hybridized carbons (Fsp3) is 0.643. The largest absolute Gasteiger partial charge is 0.297 e. The molecule has 1 unspecified atom stereocenters. The highest BCUT2D eigenvalue weighted by Crippen LogP contribution is 2.27. The van der Waals surface area contributed by atoms with Crippen LogP contribution in [0.2, 0.25) is 0 Å². The molecule has 1 aromatic heterocycles. The van der Waals surface area contributed by atoms with Crippen LogP contribution in [0.4, 0.5) is 0 Å². The van der Waals surface area contributed by atoms with Gasteiger partial charge in [-0.3, -0.25) is 5.32 Å². The maximum absolute atomic E-state index is 9.25. The first kappa shape index (κ1) is 13.9. The summed E-state index contributed by atoms with van der Waals surface area (Å²) in [7, 11) is 0. The van der Waals surface area contributed by atoms with E-state index in [2.05, 4.69) is 28.9 Å². The third-order valence-electron chi connectivity index (χ3n) is 3.16. The molecule has 0 aromatic carbocycles. The molecule has 0 bridgehead atoms. The van der Waals surface area contributed by atoms with Crippen LogP contribution in [0, 0.1) is 11.3 Å². The first-order valence-corrected chi connectivity index (χ1v) is 8.44. The number of rotatable bonds is 8. The molecule has 1 fully saturated rings. The van der Waals surface area contributed by atoms with Gasteiger partial charge < -0.3 is 0 Å². The lowest BCUT2D eigenvalue weighted by Crippen LogP contribution is -2.42. The Morgan fingerprint density at radius 2 is 2.39 bits per heavy atom. The lowest BCUT2D eigenvalue weighted by atomic mass is 9.96. The minimum absolute atomic E-state index is 0.311. The van der Waals surface area contributed by atoms with E-state index in [1.54, 1.807) is 11.3 Å². The van der Waals surface area contributed by atoms with E-state index >= 15 is 0 Å². The summed E-state index contributed by atoms with van der Waals surface area (Å²) >= 11 is 3.73. The van der Waals surface area contributed by atoms with Crippen molar-refractivity contribution < 1.29 is 0 Å². The van der Waals surface area contributed by atoms with Crippen LogP contribution >= 0.6 is 23.1 Å². The molecule has 1 aromatic rings. The van der Waals surface area contributed by atoms with Gasteiger partial charge in [0.05, 0.1) is 10.3 Å². The number of thioether (sulfide) groups is 1. The van der Waals surface area contributed by atoms with Gasteiger partial charge in [-0.1, -0.05) is 6.07 Å². The predicted octanol–water partition coefficient (Wildman–Crippen LogP) is 4.04. The van der Waals surface area contributed by atoms with Crippen LogP contribution < -0.4 is 5.32 Å². The van der Waals surface area contributed by atoms with Gasteiger partial charge in [-0.15, -0.1) is 23.1 Å². The van der Waals surface area contributed by atoms with E-state index in [0.29, 0.717) is 6.04 Å². The zero-order chi connectivity index (χ0) is 12.8. The topological polar surface area (TPSA) is 35.8 Å². The van der Waals surface area contributed by atoms with Gasteiger partial charge in [0.25, 0.3) is 0 Å². The second-order valence-electron chi connectivity index (χ2n) is 5.10. The highest BCUT2D eigenvalue weighted by atomic mass is 32.2. The Kier molecular flexibility index (Phi) is 5.11. The van der Waals surface area contributed by atoms with Crippen LogP contribution in [-0.4, -0.2) is 17.3 Å². The molecular formula is C14H20N2S2. The number of nitrogens with one attached hydrogen (secondary N) is 1. The second kappa shape index (κ2) is 6.60. The van der Waals surface area contributed by atoms with E-state index < -0.39 is 0 Å². The van der Waals surface area contributed by atoms with E-state index in [0.717, 1.165) is 18.6 Å². The first-order chi connectivity index (χ1) is 8.72. The summed E-state index contributed by atoms with van der Waals surface area (Å²) in [5.74, 6) is 1.16. The van der Waals surface area contributed by atoms with Crippen LogP contribution in [0.3, 0.4) is 0 Å². The molecule has 0 spiro atoms. The van der Waals surface area contributed by atoms with Crippen molar-refractivity contribution in [1.82, 2.24) is 5.32 Å². The maximum atomic E-state index is 9.25. The molecule has 98 valence electrons. The summed E-state index contributed by atoms with van der Waals surface area (Å²) in [6, 6.07) is 7.31. The van der Waals surface area contributed by atoms with Gasteiger partial charge in [0.2, 0.25) is 0 Å². The van der Waals surface area contributed by atoms with E-state index in [-0.39, 0.29) is 5.54 Å². The average molecular weight is 280 g/mol. The molecule has 1 aliphatic rings. The Bertz CT molecular complexity index is 392. The van der Waals surface area contributed by atoms with Crippen LogP contribution in [-0.2, 0) is 0 Å². The standard InChI is InChI=1S/C14H20N2S2/c1-14(11-15,16-12-6-7-12)8-2-3-9-17-13-5-4-10-18-13/h4-5,10,12,16H,2-3,6-9H2,1H3. The third kappa shape index (κ3) is 4.64. The number of hydrogen-bond donors (Lipinski definition) is 1. The molecule has 1 N–H and O–H groups in total. The molecule has 4 heteroatoms. The molecule has 0 saturated heterocycles. The van der Waals surface area contributed by atoms with Crippen molar-refractivity contribution in [3.05, 3.63) is 17.5 Å². The van der Waals surface area contributed by atoms with Crippen LogP contribution in [0.5, 0.6) is 0 Å². The second-order valence-corrected chi connectivity index (χ2v) is 7.44. The maximum Gasteiger partial charge on any atom is 0.104 e. The molecule has 1 saturated carbocycles. The molecule has 1 aliphatic carbocycles. The van der Waals surface area contributed by atoms with Crippen molar-refractivity contribution >= 4 is 23.1 Å². The quantitative estimate of drug-likeness (QED) is 0.576. The smallest absolute Gasteiger partial charge is 0.104 e. The average Bonchev–Trinajstić information content (AvgIpc) is 3.01. The summed E-state index contributed by atoms with van der Waals surface area (Å²) in [6.07, 6.45) is 5.76. The monoisotopic (exact) mass is 280 g/mol. The van der Waals surface area contributed by atoms with E-state index in [1.807, 2.05) is 18.7 Å². The van der Waals surface area contributed by atoms with Gasteiger partial charge in [-0.25, -0.2) is 0 Å². The zero-order valence-corrected chi connectivity index (χ0v) is 12.4. The highest BCUT2D eigenvalue weighted by Gasteiger charge is 2.31. The lowest BCUT2D eigenvalue weighted by Gasteiger charge is -2.23. The number of nitrogens with zero attached hydrogens (tertiary/aromatic N) is 1. The zero-order valence-electron chi connectivity index (χ0n) is 10.8. The van der Waals surface area contributed by atoms with Crippen molar-refractivity contribution in [2.75, 3.05) is 5.75 Å². The molecule has 0 amide bonds. The molecule has 18 heavy (non-hydrogen) atoms. The molecular weight excluding hydrogens is 260 g/mol. The van der Waals surface area contributed by atoms with E-state index in [9.17, 15) is 5.26 Å². The third-order valence-corrected chi connectivity index (χ3v) is 5.37. The van der Waals surface area contributed by atoms with Crippen LogP contribution in [0.15, 0.2) is 21.7 Å². The molecule has 0 radical (unpaired) electrons. The van der Waals surface area contributed by atoms with Gasteiger partial charge in [0.15, 0.2) is 0 Å². The number of hydrogen-bond acceptors (Lipinski definition) is 4. The van der Waals surface area contributed by atoms with Crippen molar-refractivity contribution in [1.29, 1.82) is 5.26 Å². The highest BCUT2D eigenvalue weighted by molar-refractivity contribution is 8.01. The summed E-state index contributed by atoms with van der Waals surface area (Å²) < 4.78 is 1.40. The minimum Gasteiger partial charge on any atom is -0.297 e. The van der Waals surface area contributed by atoms with Gasteiger partial charge in [-0.05, 0) is 56.2 Å². The van der Waals surface area contributed by atoms with Crippen LogP contribution in [0.1, 0.15) is 39.0 Å². The molecule has 0 aliphatic heterocycles. The molecule has 1 atom stereocenters. The summed E-state index contributed by atoms with van der Waals surface area (Å²) in [6.45, 7) is 2.04. The van der Waals surface area contributed by atoms with Gasteiger partial charge in [0.1, 0.15) is 5.54 Å². The predicted molar refractivity (Wildman–Crippen MR) is 79.1 cm³/mol. The minimum atomic E-state index is -0.311. The Morgan fingerprint density at radius 3 is 3.00 bits per heavy atom. The van der Waals surface area contributed by atoms with E-state index in [4.69, 9.17) is 0 Å². The van der Waals surface area contributed by atoms with Crippen molar-refractivity contribution in [3.63, 3.8) is 0 Å². The number of thiophene rings is 1. The Hall–Kier alpha value is -0.500. The van der Waals surface area contributed by atoms with Crippen molar-refractivity contribution in [2.45, 2.75) is 54.8 Å². The SMILES string of the molecule is CC(C#N)(CCCCSc1cccs1)NC1CC1. The van der Waals surface area contributed by atoms with Gasteiger partial charge in [0, 0.05) is 6.04 Å². The Balaban J connectivity index is 1.60. The summed E-state index contributed by atoms with van der Waals surface area (Å²) in [5.41, 5.74) is -0.311. The lowest BCUT2D eigenvalue weighted by molar-refractivity contribution is 0.402. The molecule has 1 heterocycles. The van der Waals surface area contributed by atoms with Gasteiger partial charge in [-0.2, -0.15) is 5.26 Å². The van der Waals surface area contributed by atoms with Crippen molar-refractivity contribution in [2.24, 2.45) is 0 Å². The Morgan fingerprint density at radius 1 is 1.56 bits per heavy atom. The summed E-state index contributed by atoms with van der Waals surface area (Å²) in [5, 5.41) is 14.8. The number of nitriles is 1. The number of unbranched alkanes of at least 4 members (excludes halogenated alkanes) is 1. The fourth-order valence-electron chi connectivity index (χ4n) is 1.94. The first-order valence-electron chi connectivity index (χ1n) is 6.57. The Labute approximate surface area is 118 Å². The normalized spacial score (nSPS) is 18.2. The van der Waals surface area contributed by atoms with Gasteiger partial charge >= 0.3 is 0 Å². The van der Waals surface area contributed by atoms with E-state index in [1.165, 1.54) is 23.5 Å². The summed E-state index contributed by atoms with van der Waals surface area (Å²) in [4.78, 5) is 0. The fourth-order valence-corrected chi connectivity index (χ4v) is 3.80. The molecule has 2 rings (SSSR count). The van der Waals surface area contributed by atoms with Crippen molar-refractivity contribution in [3.8, 4) is 6.07 Å².